The maximum atomic E-state index is 13.1. The summed E-state index contributed by atoms with van der Waals surface area (Å²) in [6.45, 7) is 3.28. The second-order valence-electron chi connectivity index (χ2n) is 5.03. The van der Waals surface area contributed by atoms with Crippen LogP contribution in [0.2, 0.25) is 0 Å². The summed E-state index contributed by atoms with van der Waals surface area (Å²) < 4.78 is 13.1. The molecule has 1 fully saturated rings. The van der Waals surface area contributed by atoms with Gasteiger partial charge in [-0.05, 0) is 43.6 Å². The minimum Gasteiger partial charge on any atom is -0.384 e. The second kappa shape index (κ2) is 3.74. The summed E-state index contributed by atoms with van der Waals surface area (Å²) >= 11 is 0. The topological polar surface area (TPSA) is 15.3 Å². The third kappa shape index (κ3) is 1.59. The van der Waals surface area contributed by atoms with Gasteiger partial charge < -0.3 is 10.2 Å². The van der Waals surface area contributed by atoms with Crippen LogP contribution in [0.15, 0.2) is 18.2 Å². The molecule has 0 bridgehead atoms. The number of anilines is 1. The molecule has 2 aliphatic rings. The monoisotopic (exact) mass is 220 g/mol. The number of halogens is 1. The molecule has 1 aromatic rings. The Balaban J connectivity index is 1.97. The third-order valence-corrected chi connectivity index (χ3v) is 3.93. The SMILES string of the molecule is CN1CCC2CNc3cc(F)ccc3C2C1. The van der Waals surface area contributed by atoms with E-state index >= 15 is 0 Å². The molecule has 1 aromatic carbocycles. The molecule has 0 aliphatic carbocycles. The molecule has 2 atom stereocenters. The molecule has 0 spiro atoms. The molecule has 2 nitrogen and oxygen atoms in total. The van der Waals surface area contributed by atoms with Gasteiger partial charge in [-0.1, -0.05) is 6.07 Å². The first-order chi connectivity index (χ1) is 7.74. The average molecular weight is 220 g/mol. The summed E-state index contributed by atoms with van der Waals surface area (Å²) in [6, 6.07) is 5.16. The molecule has 0 aromatic heterocycles. The molecule has 3 heteroatoms. The van der Waals surface area contributed by atoms with Gasteiger partial charge in [-0.25, -0.2) is 4.39 Å². The number of piperidine rings is 1. The number of nitrogens with zero attached hydrogens (tertiary/aromatic N) is 1. The van der Waals surface area contributed by atoms with Crippen LogP contribution >= 0.6 is 0 Å². The standard InChI is InChI=1S/C13H17FN2/c1-16-5-4-9-7-15-13-6-10(14)2-3-11(13)12(9)8-16/h2-3,6,9,12,15H,4-5,7-8H2,1H3. The van der Waals surface area contributed by atoms with Gasteiger partial charge in [0.1, 0.15) is 5.82 Å². The maximum absolute atomic E-state index is 13.1. The van der Waals surface area contributed by atoms with Crippen molar-refractivity contribution in [3.63, 3.8) is 0 Å². The van der Waals surface area contributed by atoms with Gasteiger partial charge in [0.15, 0.2) is 0 Å². The summed E-state index contributed by atoms with van der Waals surface area (Å²) in [4.78, 5) is 2.37. The van der Waals surface area contributed by atoms with Gasteiger partial charge in [-0.2, -0.15) is 0 Å². The zero-order valence-corrected chi connectivity index (χ0v) is 9.54. The molecule has 1 saturated heterocycles. The molecule has 86 valence electrons. The van der Waals surface area contributed by atoms with Crippen molar-refractivity contribution in [2.24, 2.45) is 5.92 Å². The maximum Gasteiger partial charge on any atom is 0.125 e. The van der Waals surface area contributed by atoms with Gasteiger partial charge in [-0.15, -0.1) is 0 Å². The number of rotatable bonds is 0. The highest BCUT2D eigenvalue weighted by molar-refractivity contribution is 5.55. The zero-order chi connectivity index (χ0) is 11.1. The average Bonchev–Trinajstić information content (AvgIpc) is 2.28. The fourth-order valence-electron chi connectivity index (χ4n) is 3.01. The van der Waals surface area contributed by atoms with E-state index in [0.717, 1.165) is 18.8 Å². The van der Waals surface area contributed by atoms with E-state index in [1.807, 2.05) is 6.07 Å². The van der Waals surface area contributed by atoms with Crippen LogP contribution in [0, 0.1) is 11.7 Å². The van der Waals surface area contributed by atoms with Crippen LogP contribution in [0.3, 0.4) is 0 Å². The molecular weight excluding hydrogens is 203 g/mol. The molecule has 1 N–H and O–H groups in total. The van der Waals surface area contributed by atoms with Crippen LogP contribution in [0.5, 0.6) is 0 Å². The van der Waals surface area contributed by atoms with Crippen LogP contribution < -0.4 is 5.32 Å². The van der Waals surface area contributed by atoms with Crippen molar-refractivity contribution in [1.29, 1.82) is 0 Å². The largest absolute Gasteiger partial charge is 0.384 e. The van der Waals surface area contributed by atoms with Crippen molar-refractivity contribution in [1.82, 2.24) is 4.90 Å². The highest BCUT2D eigenvalue weighted by Gasteiger charge is 2.33. The van der Waals surface area contributed by atoms with Crippen molar-refractivity contribution < 1.29 is 4.39 Å². The highest BCUT2D eigenvalue weighted by Crippen LogP contribution is 2.39. The van der Waals surface area contributed by atoms with Crippen LogP contribution in [-0.2, 0) is 0 Å². The smallest absolute Gasteiger partial charge is 0.125 e. The predicted molar refractivity (Wildman–Crippen MR) is 63.2 cm³/mol. The van der Waals surface area contributed by atoms with Gasteiger partial charge in [0, 0.05) is 24.7 Å². The normalized spacial score (nSPS) is 29.1. The lowest BCUT2D eigenvalue weighted by molar-refractivity contribution is 0.192. The Labute approximate surface area is 95.4 Å². The van der Waals surface area contributed by atoms with Gasteiger partial charge in [0.05, 0.1) is 0 Å². The van der Waals surface area contributed by atoms with Gasteiger partial charge in [0.25, 0.3) is 0 Å². The summed E-state index contributed by atoms with van der Waals surface area (Å²) in [5.74, 6) is 1.15. The lowest BCUT2D eigenvalue weighted by atomic mass is 9.78. The Morgan fingerprint density at radius 3 is 3.19 bits per heavy atom. The number of likely N-dealkylation sites (tertiary alicyclic amines) is 1. The lowest BCUT2D eigenvalue weighted by Crippen LogP contribution is -2.41. The number of nitrogens with one attached hydrogen (secondary N) is 1. The molecule has 2 heterocycles. The molecule has 0 radical (unpaired) electrons. The second-order valence-corrected chi connectivity index (χ2v) is 5.03. The first kappa shape index (κ1) is 10.1. The van der Waals surface area contributed by atoms with Gasteiger partial charge in [-0.3, -0.25) is 0 Å². The Kier molecular flexibility index (Phi) is 2.36. The van der Waals surface area contributed by atoms with Crippen molar-refractivity contribution >= 4 is 5.69 Å². The fourth-order valence-corrected chi connectivity index (χ4v) is 3.01. The number of likely N-dealkylation sites (N-methyl/N-ethyl adjacent to an activating group) is 1. The predicted octanol–water partition coefficient (Wildman–Crippen LogP) is 2.29. The Bertz CT molecular complexity index is 405. The molecule has 2 aliphatic heterocycles. The molecule has 3 rings (SSSR count). The summed E-state index contributed by atoms with van der Waals surface area (Å²) in [7, 11) is 2.17. The highest BCUT2D eigenvalue weighted by atomic mass is 19.1. The molecule has 0 amide bonds. The first-order valence-corrected chi connectivity index (χ1v) is 5.96. The van der Waals surface area contributed by atoms with Crippen molar-refractivity contribution in [2.45, 2.75) is 12.3 Å². The zero-order valence-electron chi connectivity index (χ0n) is 9.54. The van der Waals surface area contributed by atoms with E-state index in [0.29, 0.717) is 11.8 Å². The summed E-state index contributed by atoms with van der Waals surface area (Å²) in [5.41, 5.74) is 2.29. The van der Waals surface area contributed by atoms with Gasteiger partial charge >= 0.3 is 0 Å². The van der Waals surface area contributed by atoms with E-state index in [1.165, 1.54) is 18.5 Å². The third-order valence-electron chi connectivity index (χ3n) is 3.93. The van der Waals surface area contributed by atoms with E-state index in [9.17, 15) is 4.39 Å². The van der Waals surface area contributed by atoms with Crippen LogP contribution in [-0.4, -0.2) is 31.6 Å². The number of benzene rings is 1. The quantitative estimate of drug-likeness (QED) is 0.721. The van der Waals surface area contributed by atoms with E-state index in [4.69, 9.17) is 0 Å². The van der Waals surface area contributed by atoms with Crippen molar-refractivity contribution in [2.75, 3.05) is 32.0 Å². The van der Waals surface area contributed by atoms with Crippen LogP contribution in [0.1, 0.15) is 17.9 Å². The Morgan fingerprint density at radius 2 is 2.31 bits per heavy atom. The molecule has 16 heavy (non-hydrogen) atoms. The van der Waals surface area contributed by atoms with Gasteiger partial charge in [0.2, 0.25) is 0 Å². The van der Waals surface area contributed by atoms with Crippen molar-refractivity contribution in [3.8, 4) is 0 Å². The van der Waals surface area contributed by atoms with E-state index in [-0.39, 0.29) is 5.82 Å². The first-order valence-electron chi connectivity index (χ1n) is 5.96. The Hall–Kier alpha value is -1.09. The van der Waals surface area contributed by atoms with Crippen LogP contribution in [0.4, 0.5) is 10.1 Å². The summed E-state index contributed by atoms with van der Waals surface area (Å²) in [6.07, 6.45) is 1.24. The van der Waals surface area contributed by atoms with Crippen molar-refractivity contribution in [3.05, 3.63) is 29.6 Å². The minimum atomic E-state index is -0.145. The number of hydrogen-bond donors (Lipinski definition) is 1. The van der Waals surface area contributed by atoms with E-state index in [1.54, 1.807) is 12.1 Å². The van der Waals surface area contributed by atoms with E-state index < -0.39 is 0 Å². The number of fused-ring (bicyclic) bond motifs is 3. The molecule has 0 saturated carbocycles. The van der Waals surface area contributed by atoms with Crippen LogP contribution in [0.25, 0.3) is 0 Å². The van der Waals surface area contributed by atoms with E-state index in [2.05, 4.69) is 17.3 Å². The molecule has 2 unspecified atom stereocenters. The minimum absolute atomic E-state index is 0.145. The summed E-state index contributed by atoms with van der Waals surface area (Å²) in [5, 5.41) is 3.36. The Morgan fingerprint density at radius 1 is 1.44 bits per heavy atom. The fraction of sp³-hybridized carbons (Fsp3) is 0.538. The molecular formula is C13H17FN2. The lowest BCUT2D eigenvalue weighted by Gasteiger charge is -2.41. The number of hydrogen-bond acceptors (Lipinski definition) is 2.